The van der Waals surface area contributed by atoms with Crippen LogP contribution in [0.1, 0.15) is 0 Å². The lowest BCUT2D eigenvalue weighted by molar-refractivity contribution is 0.620. The molecule has 0 radical (unpaired) electrons. The van der Waals surface area contributed by atoms with Gasteiger partial charge in [0, 0.05) is 39.0 Å². The van der Waals surface area contributed by atoms with Crippen LogP contribution in [0, 0.1) is 0 Å². The monoisotopic (exact) mass is 702 g/mol. The molecule has 4 aromatic heterocycles. The van der Waals surface area contributed by atoms with Crippen LogP contribution in [0.5, 0.6) is 0 Å². The van der Waals surface area contributed by atoms with E-state index in [0.29, 0.717) is 5.89 Å². The van der Waals surface area contributed by atoms with Gasteiger partial charge in [-0.05, 0) is 87.3 Å². The summed E-state index contributed by atoms with van der Waals surface area (Å²) in [5, 5.41) is 7.78. The summed E-state index contributed by atoms with van der Waals surface area (Å²) in [6.45, 7) is 0. The van der Waals surface area contributed by atoms with Crippen molar-refractivity contribution in [3.05, 3.63) is 182 Å². The Kier molecular flexibility index (Phi) is 7.10. The molecule has 0 aliphatic rings. The minimum absolute atomic E-state index is 0.608. The molecule has 0 unspecified atom stereocenters. The summed E-state index contributed by atoms with van der Waals surface area (Å²) in [4.78, 5) is 20.0. The summed E-state index contributed by atoms with van der Waals surface area (Å²) in [6.07, 6.45) is 1.81. The Morgan fingerprint density at radius 1 is 0.364 bits per heavy atom. The first-order valence-electron chi connectivity index (χ1n) is 18.4. The van der Waals surface area contributed by atoms with Crippen LogP contribution in [0.25, 0.3) is 111 Å². The quantitative estimate of drug-likeness (QED) is 0.132. The zero-order chi connectivity index (χ0) is 36.3. The Labute approximate surface area is 316 Å². The molecule has 11 rings (SSSR count). The average molecular weight is 703 g/mol. The van der Waals surface area contributed by atoms with E-state index in [9.17, 15) is 0 Å². The SMILES string of the molecule is c1ccc(-c2nc3c(ccc4c(-c5ccc(-c6c7ccccc7c(-c7cccc(-c8ccccn8)n7)c7ccccc67)cc5)nc5ccccc5c43)o2)cc1. The number of benzene rings is 7. The number of hydrogen-bond acceptors (Lipinski definition) is 5. The molecule has 0 saturated carbocycles. The van der Waals surface area contributed by atoms with Gasteiger partial charge in [0.05, 0.1) is 28.3 Å². The first-order valence-corrected chi connectivity index (χ1v) is 18.4. The van der Waals surface area contributed by atoms with Crippen LogP contribution in [-0.2, 0) is 0 Å². The highest BCUT2D eigenvalue weighted by Crippen LogP contribution is 2.44. The third-order valence-corrected chi connectivity index (χ3v) is 10.6. The molecule has 0 saturated heterocycles. The van der Waals surface area contributed by atoms with E-state index < -0.39 is 0 Å². The zero-order valence-electron chi connectivity index (χ0n) is 29.5. The third kappa shape index (κ3) is 5.09. The average Bonchev–Trinajstić information content (AvgIpc) is 3.71. The van der Waals surface area contributed by atoms with Gasteiger partial charge in [-0.25, -0.2) is 15.0 Å². The van der Waals surface area contributed by atoms with Crippen LogP contribution < -0.4 is 0 Å². The first kappa shape index (κ1) is 31.1. The van der Waals surface area contributed by atoms with Gasteiger partial charge in [0.2, 0.25) is 5.89 Å². The molecule has 256 valence electrons. The number of aromatic nitrogens is 4. The first-order chi connectivity index (χ1) is 27.3. The Morgan fingerprint density at radius 3 is 1.71 bits per heavy atom. The Bertz CT molecular complexity index is 3190. The molecule has 0 aliphatic carbocycles. The minimum atomic E-state index is 0.608. The molecule has 0 fully saturated rings. The number of nitrogens with zero attached hydrogens (tertiary/aromatic N) is 4. The van der Waals surface area contributed by atoms with Crippen LogP contribution >= 0.6 is 0 Å². The fourth-order valence-electron chi connectivity index (χ4n) is 8.09. The van der Waals surface area contributed by atoms with E-state index in [2.05, 4.69) is 114 Å². The molecule has 5 nitrogen and oxygen atoms in total. The Morgan fingerprint density at radius 2 is 0.982 bits per heavy atom. The molecule has 0 bridgehead atoms. The molecule has 11 aromatic rings. The molecule has 0 aliphatic heterocycles. The Hall–Kier alpha value is -7.50. The van der Waals surface area contributed by atoms with Gasteiger partial charge in [-0.2, -0.15) is 0 Å². The second-order valence-corrected chi connectivity index (χ2v) is 13.7. The van der Waals surface area contributed by atoms with Crippen molar-refractivity contribution in [2.45, 2.75) is 0 Å². The van der Waals surface area contributed by atoms with Crippen molar-refractivity contribution < 1.29 is 4.42 Å². The normalized spacial score (nSPS) is 11.6. The van der Waals surface area contributed by atoms with Gasteiger partial charge >= 0.3 is 0 Å². The highest BCUT2D eigenvalue weighted by Gasteiger charge is 2.20. The van der Waals surface area contributed by atoms with E-state index in [1.54, 1.807) is 0 Å². The number of oxazole rings is 1. The second kappa shape index (κ2) is 12.6. The largest absolute Gasteiger partial charge is 0.436 e. The van der Waals surface area contributed by atoms with Crippen LogP contribution in [0.3, 0.4) is 0 Å². The smallest absolute Gasteiger partial charge is 0.227 e. The van der Waals surface area contributed by atoms with Crippen molar-refractivity contribution in [2.24, 2.45) is 0 Å². The lowest BCUT2D eigenvalue weighted by Crippen LogP contribution is -1.94. The molecular formula is C50H30N4O. The maximum atomic E-state index is 6.32. The van der Waals surface area contributed by atoms with Crippen molar-refractivity contribution in [3.63, 3.8) is 0 Å². The van der Waals surface area contributed by atoms with Crippen LogP contribution in [0.15, 0.2) is 187 Å². The molecule has 4 heterocycles. The fourth-order valence-corrected chi connectivity index (χ4v) is 8.09. The van der Waals surface area contributed by atoms with Crippen molar-refractivity contribution in [1.29, 1.82) is 0 Å². The third-order valence-electron chi connectivity index (χ3n) is 10.6. The standard InChI is InChI=1S/C50H30N4O/c1-2-13-33(14-3-1)50-54-49-44(55-50)29-28-39-47(49)38-19-8-9-20-40(38)53-48(39)32-26-24-31(25-27-32)45-34-15-4-6-17-36(34)46(37-18-7-5-16-35(37)45)43-23-12-22-42(52-43)41-21-10-11-30-51-41/h1-30H. The van der Waals surface area contributed by atoms with Gasteiger partial charge in [-0.3, -0.25) is 4.98 Å². The van der Waals surface area contributed by atoms with Crippen molar-refractivity contribution in [2.75, 3.05) is 0 Å². The van der Waals surface area contributed by atoms with Gasteiger partial charge in [0.1, 0.15) is 5.52 Å². The highest BCUT2D eigenvalue weighted by atomic mass is 16.3. The van der Waals surface area contributed by atoms with Crippen molar-refractivity contribution in [1.82, 2.24) is 19.9 Å². The van der Waals surface area contributed by atoms with Crippen molar-refractivity contribution in [3.8, 4) is 56.5 Å². The summed E-state index contributed by atoms with van der Waals surface area (Å²) in [5.74, 6) is 0.608. The predicted octanol–water partition coefficient (Wildman–Crippen LogP) is 13.0. The van der Waals surface area contributed by atoms with E-state index in [1.807, 2.05) is 72.9 Å². The summed E-state index contributed by atoms with van der Waals surface area (Å²) < 4.78 is 6.32. The van der Waals surface area contributed by atoms with E-state index in [1.165, 1.54) is 16.3 Å². The van der Waals surface area contributed by atoms with Crippen LogP contribution in [0.2, 0.25) is 0 Å². The van der Waals surface area contributed by atoms with E-state index in [4.69, 9.17) is 19.4 Å². The maximum Gasteiger partial charge on any atom is 0.227 e. The molecule has 7 aromatic carbocycles. The van der Waals surface area contributed by atoms with Crippen LogP contribution in [-0.4, -0.2) is 19.9 Å². The molecule has 0 spiro atoms. The number of rotatable bonds is 5. The summed E-state index contributed by atoms with van der Waals surface area (Å²) in [7, 11) is 0. The number of hydrogen-bond donors (Lipinski definition) is 0. The molecular weight excluding hydrogens is 673 g/mol. The fraction of sp³-hybridized carbons (Fsp3) is 0. The lowest BCUT2D eigenvalue weighted by atomic mass is 9.87. The second-order valence-electron chi connectivity index (χ2n) is 13.7. The van der Waals surface area contributed by atoms with Crippen LogP contribution in [0.4, 0.5) is 0 Å². The van der Waals surface area contributed by atoms with E-state index >= 15 is 0 Å². The summed E-state index contributed by atoms with van der Waals surface area (Å²) in [6, 6.07) is 60.8. The summed E-state index contributed by atoms with van der Waals surface area (Å²) in [5.41, 5.74) is 11.5. The number of para-hydroxylation sites is 1. The number of pyridine rings is 3. The van der Waals surface area contributed by atoms with E-state index in [-0.39, 0.29) is 0 Å². The van der Waals surface area contributed by atoms with Crippen molar-refractivity contribution >= 4 is 54.3 Å². The predicted molar refractivity (Wildman–Crippen MR) is 225 cm³/mol. The van der Waals surface area contributed by atoms with Gasteiger partial charge in [0.25, 0.3) is 0 Å². The topological polar surface area (TPSA) is 64.7 Å². The molecule has 0 N–H and O–H groups in total. The summed E-state index contributed by atoms with van der Waals surface area (Å²) >= 11 is 0. The Balaban J connectivity index is 1.08. The van der Waals surface area contributed by atoms with Gasteiger partial charge in [0.15, 0.2) is 5.58 Å². The van der Waals surface area contributed by atoms with Gasteiger partial charge in [-0.1, -0.05) is 121 Å². The highest BCUT2D eigenvalue weighted by molar-refractivity contribution is 6.22. The molecule has 0 amide bonds. The minimum Gasteiger partial charge on any atom is -0.436 e. The lowest BCUT2D eigenvalue weighted by Gasteiger charge is -2.18. The molecule has 5 heteroatoms. The molecule has 0 atom stereocenters. The van der Waals surface area contributed by atoms with Gasteiger partial charge in [-0.15, -0.1) is 0 Å². The number of fused-ring (bicyclic) bond motifs is 7. The zero-order valence-corrected chi connectivity index (χ0v) is 29.5. The van der Waals surface area contributed by atoms with Gasteiger partial charge < -0.3 is 4.42 Å². The molecule has 55 heavy (non-hydrogen) atoms. The maximum absolute atomic E-state index is 6.32. The van der Waals surface area contributed by atoms with E-state index in [0.717, 1.165) is 88.6 Å².